The summed E-state index contributed by atoms with van der Waals surface area (Å²) in [6.07, 6.45) is 5.92. The molecule has 242 valence electrons. The Kier molecular flexibility index (Phi) is 8.46. The van der Waals surface area contributed by atoms with E-state index >= 15 is 0 Å². The molecule has 7 rings (SSSR count). The first kappa shape index (κ1) is 30.9. The Labute approximate surface area is 276 Å². The zero-order valence-corrected chi connectivity index (χ0v) is 26.8. The second-order valence-electron chi connectivity index (χ2n) is 11.8. The number of nitrogen functional groups attached to an aromatic ring is 1. The van der Waals surface area contributed by atoms with Crippen LogP contribution in [0, 0.1) is 11.8 Å². The SMILES string of the molecule is CC(NC(=O)c1c(N)[nH][n+]2cccnc12)c1cc2cccc(C#Cc3cnn(C)c3CCN3CCOCC3)c2c(=O)n1-c1ccccc1. The molecule has 4 N–H and O–H groups in total. The molecule has 5 heterocycles. The van der Waals surface area contributed by atoms with E-state index in [1.54, 1.807) is 33.7 Å². The van der Waals surface area contributed by atoms with E-state index in [0.29, 0.717) is 28.0 Å². The predicted octanol–water partition coefficient (Wildman–Crippen LogP) is 2.53. The Morgan fingerprint density at radius 2 is 1.90 bits per heavy atom. The van der Waals surface area contributed by atoms with Crippen molar-refractivity contribution in [1.82, 2.24) is 34.6 Å². The molecule has 12 nitrogen and oxygen atoms in total. The normalized spacial score (nSPS) is 14.1. The summed E-state index contributed by atoms with van der Waals surface area (Å²) in [4.78, 5) is 34.8. The molecule has 1 saturated heterocycles. The molecule has 0 saturated carbocycles. The van der Waals surface area contributed by atoms with Crippen LogP contribution >= 0.6 is 0 Å². The highest BCUT2D eigenvalue weighted by atomic mass is 16.5. The monoisotopic (exact) mass is 642 g/mol. The number of nitrogens with zero attached hydrogens (tertiary/aromatic N) is 6. The van der Waals surface area contributed by atoms with Crippen LogP contribution in [-0.4, -0.2) is 68.1 Å². The number of hydrogen-bond donors (Lipinski definition) is 3. The van der Waals surface area contributed by atoms with Crippen molar-refractivity contribution in [2.75, 3.05) is 38.6 Å². The lowest BCUT2D eigenvalue weighted by Crippen LogP contribution is -2.37. The maximum atomic E-state index is 14.5. The van der Waals surface area contributed by atoms with Gasteiger partial charge >= 0.3 is 5.65 Å². The number of nitrogens with one attached hydrogen (secondary N) is 2. The molecule has 1 aliphatic heterocycles. The molecule has 1 amide bonds. The van der Waals surface area contributed by atoms with Gasteiger partial charge in [0.1, 0.15) is 12.4 Å². The fourth-order valence-corrected chi connectivity index (χ4v) is 6.25. The van der Waals surface area contributed by atoms with Crippen LogP contribution in [0.3, 0.4) is 0 Å². The summed E-state index contributed by atoms with van der Waals surface area (Å²) in [6.45, 7) is 6.07. The number of H-pyrrole nitrogens is 1. The third-order valence-corrected chi connectivity index (χ3v) is 8.75. The number of hydrogen-bond acceptors (Lipinski definition) is 7. The van der Waals surface area contributed by atoms with Crippen LogP contribution in [0.5, 0.6) is 0 Å². The Balaban J connectivity index is 1.26. The number of anilines is 1. The highest BCUT2D eigenvalue weighted by Gasteiger charge is 2.27. The number of fused-ring (bicyclic) bond motifs is 2. The zero-order chi connectivity index (χ0) is 33.2. The smallest absolute Gasteiger partial charge is 0.362 e. The summed E-state index contributed by atoms with van der Waals surface area (Å²) in [5, 5.41) is 11.7. The molecular weight excluding hydrogens is 606 g/mol. The quantitative estimate of drug-likeness (QED) is 0.180. The highest BCUT2D eigenvalue weighted by molar-refractivity contribution is 6.03. The van der Waals surface area contributed by atoms with Gasteiger partial charge in [-0.15, -0.1) is 4.52 Å². The number of amides is 1. The first-order valence-electron chi connectivity index (χ1n) is 15.9. The van der Waals surface area contributed by atoms with E-state index < -0.39 is 11.9 Å². The molecule has 12 heteroatoms. The van der Waals surface area contributed by atoms with Crippen LogP contribution in [0.1, 0.15) is 45.8 Å². The number of para-hydroxylation sites is 1. The van der Waals surface area contributed by atoms with Gasteiger partial charge in [0, 0.05) is 56.1 Å². The van der Waals surface area contributed by atoms with Crippen molar-refractivity contribution in [2.24, 2.45) is 7.05 Å². The van der Waals surface area contributed by atoms with E-state index in [1.807, 2.05) is 73.3 Å². The van der Waals surface area contributed by atoms with E-state index in [0.717, 1.165) is 55.9 Å². The van der Waals surface area contributed by atoms with Gasteiger partial charge < -0.3 is 15.8 Å². The molecule has 0 aliphatic carbocycles. The number of rotatable bonds is 7. The van der Waals surface area contributed by atoms with Gasteiger partial charge in [0.25, 0.3) is 11.5 Å². The van der Waals surface area contributed by atoms with Gasteiger partial charge in [-0.2, -0.15) is 5.10 Å². The minimum Gasteiger partial charge on any atom is -0.382 e. The lowest BCUT2D eigenvalue weighted by molar-refractivity contribution is -0.577. The van der Waals surface area contributed by atoms with Crippen LogP contribution in [0.25, 0.3) is 22.1 Å². The maximum Gasteiger partial charge on any atom is 0.362 e. The summed E-state index contributed by atoms with van der Waals surface area (Å²) in [5.74, 6) is 6.38. The number of ether oxygens (including phenoxy) is 1. The third-order valence-electron chi connectivity index (χ3n) is 8.75. The summed E-state index contributed by atoms with van der Waals surface area (Å²) in [5.41, 5.74) is 10.4. The summed E-state index contributed by atoms with van der Waals surface area (Å²) in [6, 6.07) is 18.1. The molecule has 0 bridgehead atoms. The van der Waals surface area contributed by atoms with Gasteiger partial charge in [0.2, 0.25) is 0 Å². The largest absolute Gasteiger partial charge is 0.382 e. The maximum absolute atomic E-state index is 14.5. The molecule has 1 unspecified atom stereocenters. The van der Waals surface area contributed by atoms with Crippen molar-refractivity contribution in [3.05, 3.63) is 118 Å². The first-order valence-corrected chi connectivity index (χ1v) is 15.9. The zero-order valence-electron chi connectivity index (χ0n) is 26.8. The lowest BCUT2D eigenvalue weighted by Gasteiger charge is -2.26. The van der Waals surface area contributed by atoms with E-state index in [4.69, 9.17) is 10.5 Å². The van der Waals surface area contributed by atoms with Crippen LogP contribution < -0.4 is 21.1 Å². The molecule has 2 aromatic carbocycles. The fourth-order valence-electron chi connectivity index (χ4n) is 6.25. The van der Waals surface area contributed by atoms with Crippen LogP contribution in [0.4, 0.5) is 5.82 Å². The molecule has 48 heavy (non-hydrogen) atoms. The second-order valence-corrected chi connectivity index (χ2v) is 11.8. The van der Waals surface area contributed by atoms with Gasteiger partial charge in [0.05, 0.1) is 42.1 Å². The summed E-state index contributed by atoms with van der Waals surface area (Å²) < 4.78 is 10.6. The number of carbonyl (C=O) groups excluding carboxylic acids is 1. The third kappa shape index (κ3) is 5.92. The number of morpholine rings is 1. The fraction of sp³-hybridized carbons (Fsp3) is 0.250. The number of nitrogens with two attached hydrogens (primary N) is 1. The average Bonchev–Trinajstić information content (AvgIpc) is 3.64. The van der Waals surface area contributed by atoms with E-state index in [9.17, 15) is 9.59 Å². The number of aromatic amines is 1. The number of aromatic nitrogens is 6. The topological polar surface area (TPSA) is 140 Å². The number of benzene rings is 2. The van der Waals surface area contributed by atoms with Crippen LogP contribution in [-0.2, 0) is 18.2 Å². The summed E-state index contributed by atoms with van der Waals surface area (Å²) >= 11 is 0. The van der Waals surface area contributed by atoms with Crippen molar-refractivity contribution in [3.63, 3.8) is 0 Å². The molecule has 0 spiro atoms. The molecule has 1 fully saturated rings. The molecule has 4 aromatic heterocycles. The molecule has 6 aromatic rings. The van der Waals surface area contributed by atoms with Gasteiger partial charge in [0.15, 0.2) is 11.4 Å². The Bertz CT molecular complexity index is 2250. The van der Waals surface area contributed by atoms with Gasteiger partial charge in [-0.3, -0.25) is 23.7 Å². The van der Waals surface area contributed by atoms with Gasteiger partial charge in [-0.25, -0.2) is 5.10 Å². The van der Waals surface area contributed by atoms with Gasteiger partial charge in [-0.05, 0) is 41.6 Å². The molecule has 1 atom stereocenters. The molecular formula is C36H36N9O3+. The Morgan fingerprint density at radius 3 is 2.71 bits per heavy atom. The van der Waals surface area contributed by atoms with E-state index in [1.165, 1.54) is 0 Å². The first-order chi connectivity index (χ1) is 23.4. The van der Waals surface area contributed by atoms with E-state index in [-0.39, 0.29) is 16.9 Å². The second kappa shape index (κ2) is 13.2. The van der Waals surface area contributed by atoms with Crippen molar-refractivity contribution in [3.8, 4) is 17.5 Å². The Hall–Kier alpha value is -5.77. The molecule has 1 aliphatic rings. The summed E-state index contributed by atoms with van der Waals surface area (Å²) in [7, 11) is 1.93. The van der Waals surface area contributed by atoms with Crippen LogP contribution in [0.2, 0.25) is 0 Å². The van der Waals surface area contributed by atoms with Crippen molar-refractivity contribution in [1.29, 1.82) is 0 Å². The minimum atomic E-state index is -0.577. The minimum absolute atomic E-state index is 0.193. The van der Waals surface area contributed by atoms with Crippen molar-refractivity contribution in [2.45, 2.75) is 19.4 Å². The van der Waals surface area contributed by atoms with Crippen molar-refractivity contribution < 1.29 is 14.0 Å². The number of aryl methyl sites for hydroxylation is 1. The van der Waals surface area contributed by atoms with Crippen LogP contribution in [0.15, 0.2) is 84.0 Å². The lowest BCUT2D eigenvalue weighted by atomic mass is 10.0. The average molecular weight is 643 g/mol. The van der Waals surface area contributed by atoms with Gasteiger partial charge in [-0.1, -0.05) is 42.2 Å². The number of pyridine rings is 1. The standard InChI is InChI=1S/C36H35N9O3/c1-24(40-35(46)32-33(37)41-44-16-7-15-38-34(32)44)30-22-26-9-6-8-25(31(26)36(47)45(30)28-10-4-3-5-11-28)12-13-27-23-39-42(2)29(27)14-17-43-18-20-48-21-19-43/h3-11,15-16,22-24H,14,17-21H2,1-2H3,(H3,37,40,41,46)/p+1. The molecule has 0 radical (unpaired) electrons. The Morgan fingerprint density at radius 1 is 1.10 bits per heavy atom. The van der Waals surface area contributed by atoms with E-state index in [2.05, 4.69) is 37.2 Å². The number of carbonyl (C=O) groups is 1. The highest BCUT2D eigenvalue weighted by Crippen LogP contribution is 2.24. The predicted molar refractivity (Wildman–Crippen MR) is 182 cm³/mol. The van der Waals surface area contributed by atoms with Crippen molar-refractivity contribution >= 4 is 28.1 Å².